The number of fused-ring (bicyclic) bond motifs is 1. The first-order valence-corrected chi connectivity index (χ1v) is 9.00. The summed E-state index contributed by atoms with van der Waals surface area (Å²) in [5.74, 6) is 2.02. The van der Waals surface area contributed by atoms with Crippen molar-refractivity contribution < 1.29 is 9.47 Å². The van der Waals surface area contributed by atoms with Crippen LogP contribution in [0.15, 0.2) is 42.5 Å². The number of benzene rings is 2. The van der Waals surface area contributed by atoms with Gasteiger partial charge >= 0.3 is 0 Å². The number of para-hydroxylation sites is 3. The van der Waals surface area contributed by atoms with Crippen molar-refractivity contribution in [2.75, 3.05) is 13.2 Å². The molecule has 3 aromatic rings. The number of nitrogens with zero attached hydrogens (tertiary/aromatic N) is 2. The van der Waals surface area contributed by atoms with Crippen molar-refractivity contribution in [1.82, 2.24) is 9.55 Å². The molecule has 0 radical (unpaired) electrons. The summed E-state index contributed by atoms with van der Waals surface area (Å²) in [4.78, 5) is 4.84. The van der Waals surface area contributed by atoms with E-state index in [0.29, 0.717) is 6.61 Å². The van der Waals surface area contributed by atoms with Crippen LogP contribution in [0.5, 0.6) is 5.75 Å². The van der Waals surface area contributed by atoms with Gasteiger partial charge in [0.1, 0.15) is 24.3 Å². The van der Waals surface area contributed by atoms with Crippen molar-refractivity contribution in [3.05, 3.63) is 59.4 Å². The molecule has 1 atom stereocenters. The molecule has 130 valence electrons. The number of imidazole rings is 1. The Morgan fingerprint density at radius 2 is 1.92 bits per heavy atom. The fraction of sp³-hybridized carbons (Fsp3) is 0.381. The molecule has 25 heavy (non-hydrogen) atoms. The second kappa shape index (κ2) is 6.89. The van der Waals surface area contributed by atoms with E-state index < -0.39 is 0 Å². The molecule has 2 aromatic carbocycles. The largest absolute Gasteiger partial charge is 0.491 e. The van der Waals surface area contributed by atoms with Gasteiger partial charge < -0.3 is 14.0 Å². The predicted octanol–water partition coefficient (Wildman–Crippen LogP) is 4.58. The summed E-state index contributed by atoms with van der Waals surface area (Å²) in [5.41, 5.74) is 4.53. The molecule has 4 nitrogen and oxygen atoms in total. The van der Waals surface area contributed by atoms with Gasteiger partial charge in [-0.15, -0.1) is 0 Å². The molecule has 4 heteroatoms. The van der Waals surface area contributed by atoms with Gasteiger partial charge in [0.05, 0.1) is 17.6 Å². The molecule has 1 saturated heterocycles. The van der Waals surface area contributed by atoms with Crippen molar-refractivity contribution in [3.8, 4) is 5.75 Å². The van der Waals surface area contributed by atoms with E-state index in [-0.39, 0.29) is 6.10 Å². The van der Waals surface area contributed by atoms with Gasteiger partial charge in [0.2, 0.25) is 0 Å². The first-order chi connectivity index (χ1) is 12.2. The quantitative estimate of drug-likeness (QED) is 0.684. The third-order valence-corrected chi connectivity index (χ3v) is 4.87. The normalized spacial score (nSPS) is 17.3. The van der Waals surface area contributed by atoms with Crippen molar-refractivity contribution in [2.24, 2.45) is 0 Å². The smallest absolute Gasteiger partial charge is 0.139 e. The predicted molar refractivity (Wildman–Crippen MR) is 99.1 cm³/mol. The fourth-order valence-corrected chi connectivity index (χ4v) is 3.62. The van der Waals surface area contributed by atoms with E-state index in [0.717, 1.165) is 48.6 Å². The molecule has 1 aliphatic rings. The summed E-state index contributed by atoms with van der Waals surface area (Å²) < 4.78 is 14.3. The van der Waals surface area contributed by atoms with E-state index in [2.05, 4.69) is 54.8 Å². The fourth-order valence-electron chi connectivity index (χ4n) is 3.62. The molecule has 1 unspecified atom stereocenters. The van der Waals surface area contributed by atoms with E-state index in [4.69, 9.17) is 14.5 Å². The van der Waals surface area contributed by atoms with E-state index in [1.807, 2.05) is 6.07 Å². The molecule has 0 amide bonds. The number of ether oxygens (including phenoxy) is 2. The van der Waals surface area contributed by atoms with Crippen LogP contribution >= 0.6 is 0 Å². The second-order valence-electron chi connectivity index (χ2n) is 6.68. The first-order valence-electron chi connectivity index (χ1n) is 9.00. The van der Waals surface area contributed by atoms with Gasteiger partial charge in [0.15, 0.2) is 0 Å². The van der Waals surface area contributed by atoms with E-state index in [1.165, 1.54) is 11.1 Å². The number of hydrogen-bond acceptors (Lipinski definition) is 3. The molecule has 0 N–H and O–H groups in total. The SMILES string of the molecule is Cc1cccc(C)c1OCCn1c(C2CCCO2)nc2ccccc21. The van der Waals surface area contributed by atoms with Crippen LogP contribution in [0.2, 0.25) is 0 Å². The molecule has 0 bridgehead atoms. The molecule has 1 fully saturated rings. The number of aryl methyl sites for hydroxylation is 2. The topological polar surface area (TPSA) is 36.3 Å². The molecule has 4 rings (SSSR count). The Kier molecular flexibility index (Phi) is 4.45. The lowest BCUT2D eigenvalue weighted by Crippen LogP contribution is -2.14. The average Bonchev–Trinajstić information content (AvgIpc) is 3.25. The number of aromatic nitrogens is 2. The molecular weight excluding hydrogens is 312 g/mol. The van der Waals surface area contributed by atoms with Crippen molar-refractivity contribution in [1.29, 1.82) is 0 Å². The van der Waals surface area contributed by atoms with E-state index in [1.54, 1.807) is 0 Å². The highest BCUT2D eigenvalue weighted by molar-refractivity contribution is 5.76. The van der Waals surface area contributed by atoms with Gasteiger partial charge in [-0.05, 0) is 49.9 Å². The standard InChI is InChI=1S/C21H24N2O2/c1-15-7-5-8-16(2)20(15)25-14-12-23-18-10-4-3-9-17(18)22-21(23)19-11-6-13-24-19/h3-5,7-10,19H,6,11-14H2,1-2H3. The minimum absolute atomic E-state index is 0.104. The summed E-state index contributed by atoms with van der Waals surface area (Å²) in [7, 11) is 0. The Balaban J connectivity index is 1.59. The van der Waals surface area contributed by atoms with Crippen LogP contribution < -0.4 is 4.74 Å². The Bertz CT molecular complexity index is 858. The van der Waals surface area contributed by atoms with Crippen LogP contribution in [0.25, 0.3) is 11.0 Å². The Hall–Kier alpha value is -2.33. The molecule has 0 spiro atoms. The third-order valence-electron chi connectivity index (χ3n) is 4.87. The summed E-state index contributed by atoms with van der Waals surface area (Å²) in [6.07, 6.45) is 2.25. The lowest BCUT2D eigenvalue weighted by atomic mass is 10.1. The highest BCUT2D eigenvalue weighted by Crippen LogP contribution is 2.30. The summed E-state index contributed by atoms with van der Waals surface area (Å²) >= 11 is 0. The maximum Gasteiger partial charge on any atom is 0.139 e. The van der Waals surface area contributed by atoms with Gasteiger partial charge in [0.25, 0.3) is 0 Å². The number of hydrogen-bond donors (Lipinski definition) is 0. The van der Waals surface area contributed by atoms with Crippen LogP contribution in [-0.2, 0) is 11.3 Å². The van der Waals surface area contributed by atoms with Crippen LogP contribution in [-0.4, -0.2) is 22.8 Å². The molecule has 2 heterocycles. The Morgan fingerprint density at radius 1 is 1.12 bits per heavy atom. The zero-order valence-electron chi connectivity index (χ0n) is 14.9. The summed E-state index contributed by atoms with van der Waals surface area (Å²) in [6.45, 7) is 6.39. The van der Waals surface area contributed by atoms with Crippen LogP contribution in [0, 0.1) is 13.8 Å². The van der Waals surface area contributed by atoms with Crippen molar-refractivity contribution in [2.45, 2.75) is 39.3 Å². The monoisotopic (exact) mass is 336 g/mol. The molecule has 0 aliphatic carbocycles. The van der Waals surface area contributed by atoms with E-state index in [9.17, 15) is 0 Å². The van der Waals surface area contributed by atoms with Crippen LogP contribution in [0.1, 0.15) is 35.9 Å². The van der Waals surface area contributed by atoms with Gasteiger partial charge in [-0.25, -0.2) is 4.98 Å². The third kappa shape index (κ3) is 3.14. The molecule has 1 aromatic heterocycles. The average molecular weight is 336 g/mol. The van der Waals surface area contributed by atoms with Gasteiger partial charge in [0, 0.05) is 6.61 Å². The minimum atomic E-state index is 0.104. The number of rotatable bonds is 5. The van der Waals surface area contributed by atoms with Crippen LogP contribution in [0.3, 0.4) is 0 Å². The molecule has 0 saturated carbocycles. The maximum atomic E-state index is 6.12. The zero-order valence-corrected chi connectivity index (χ0v) is 14.9. The lowest BCUT2D eigenvalue weighted by Gasteiger charge is -2.16. The second-order valence-corrected chi connectivity index (χ2v) is 6.68. The van der Waals surface area contributed by atoms with Crippen LogP contribution in [0.4, 0.5) is 0 Å². The van der Waals surface area contributed by atoms with E-state index >= 15 is 0 Å². The van der Waals surface area contributed by atoms with Crippen molar-refractivity contribution >= 4 is 11.0 Å². The minimum Gasteiger partial charge on any atom is -0.491 e. The summed E-state index contributed by atoms with van der Waals surface area (Å²) in [5, 5.41) is 0. The highest BCUT2D eigenvalue weighted by atomic mass is 16.5. The molecular formula is C21H24N2O2. The Labute approximate surface area is 148 Å². The first kappa shape index (κ1) is 16.2. The maximum absolute atomic E-state index is 6.12. The Morgan fingerprint density at radius 3 is 2.68 bits per heavy atom. The zero-order chi connectivity index (χ0) is 17.2. The molecule has 1 aliphatic heterocycles. The lowest BCUT2D eigenvalue weighted by molar-refractivity contribution is 0.101. The van der Waals surface area contributed by atoms with Gasteiger partial charge in [-0.1, -0.05) is 30.3 Å². The highest BCUT2D eigenvalue weighted by Gasteiger charge is 2.24. The van der Waals surface area contributed by atoms with Crippen molar-refractivity contribution in [3.63, 3.8) is 0 Å². The van der Waals surface area contributed by atoms with Gasteiger partial charge in [-0.2, -0.15) is 0 Å². The summed E-state index contributed by atoms with van der Waals surface area (Å²) in [6, 6.07) is 14.5. The van der Waals surface area contributed by atoms with Gasteiger partial charge in [-0.3, -0.25) is 0 Å².